The Kier molecular flexibility index (Phi) is 9.73. The lowest BCUT2D eigenvalue weighted by Crippen LogP contribution is -2.42. The minimum Gasteiger partial charge on any atom is -0.330 e. The molecule has 2 atom stereocenters. The second-order valence-electron chi connectivity index (χ2n) is 18.6. The van der Waals surface area contributed by atoms with E-state index < -0.39 is 0 Å². The quantitative estimate of drug-likeness (QED) is 0.140. The number of anilines is 5. The van der Waals surface area contributed by atoms with Gasteiger partial charge in [-0.15, -0.1) is 0 Å². The zero-order valence-electron chi connectivity index (χ0n) is 38.4. The van der Waals surface area contributed by atoms with Crippen molar-refractivity contribution < 1.29 is 0 Å². The van der Waals surface area contributed by atoms with E-state index in [2.05, 4.69) is 284 Å². The van der Waals surface area contributed by atoms with E-state index in [0.717, 1.165) is 17.1 Å². The first kappa shape index (κ1) is 40.5. The minimum absolute atomic E-state index is 0.121. The third kappa shape index (κ3) is 6.87. The van der Waals surface area contributed by atoms with Crippen LogP contribution in [0.15, 0.2) is 261 Å². The van der Waals surface area contributed by atoms with Crippen LogP contribution in [0.1, 0.15) is 29.5 Å². The van der Waals surface area contributed by atoms with Crippen molar-refractivity contribution in [3.05, 3.63) is 278 Å². The smallest absolute Gasteiger partial charge is 0.0784 e. The summed E-state index contributed by atoms with van der Waals surface area (Å²) >= 11 is 0. The van der Waals surface area contributed by atoms with Gasteiger partial charge in [0.2, 0.25) is 0 Å². The third-order valence-corrected chi connectivity index (χ3v) is 14.7. The number of hydrogen-bond donors (Lipinski definition) is 0. The maximum atomic E-state index is 2.59. The van der Waals surface area contributed by atoms with Crippen molar-refractivity contribution in [2.24, 2.45) is 0 Å². The van der Waals surface area contributed by atoms with Crippen LogP contribution in [0, 0.1) is 0 Å². The van der Waals surface area contributed by atoms with Crippen molar-refractivity contribution in [3.8, 4) is 44.5 Å². The number of rotatable bonds is 8. The summed E-state index contributed by atoms with van der Waals surface area (Å²) < 4.78 is 0. The Balaban J connectivity index is 0.977. The Bertz CT molecular complexity index is 3690. The first-order valence-electron chi connectivity index (χ1n) is 24.0. The van der Waals surface area contributed by atoms with Gasteiger partial charge in [0, 0.05) is 34.4 Å². The molecule has 11 aromatic rings. The van der Waals surface area contributed by atoms with Crippen molar-refractivity contribution >= 4 is 56.1 Å². The molecule has 13 rings (SSSR count). The number of fused-ring (bicyclic) bond motifs is 8. The fourth-order valence-corrected chi connectivity index (χ4v) is 11.4. The van der Waals surface area contributed by atoms with E-state index in [1.165, 1.54) is 94.1 Å². The van der Waals surface area contributed by atoms with Gasteiger partial charge in [0.1, 0.15) is 0 Å². The molecule has 0 N–H and O–H groups in total. The van der Waals surface area contributed by atoms with Crippen LogP contribution in [0.25, 0.3) is 72.1 Å². The van der Waals surface area contributed by atoms with Crippen LogP contribution in [0.3, 0.4) is 0 Å². The number of benzene rings is 11. The standard InChI is InChI=1S/C67H48N2/c1-67-63-29-14-12-22-50(63)36-40-64(67)66-62(28-16-30-65(66)69(67)57-24-9-4-10-25-57)52-23-15-26-58(43-52)68(59-44-54(46-17-5-2-6-18-46)42-55(45-59)47-19-7-3-8-20-47)56-37-33-48(34-38-56)51-35-39-61-53(41-51)32-31-49-21-11-13-27-60(49)61/h2-45,64H,1H3. The van der Waals surface area contributed by atoms with E-state index in [0.29, 0.717) is 0 Å². The Morgan fingerprint density at radius 3 is 1.75 bits per heavy atom. The molecule has 0 radical (unpaired) electrons. The number of para-hydroxylation sites is 1. The van der Waals surface area contributed by atoms with E-state index in [1.54, 1.807) is 0 Å². The fourth-order valence-electron chi connectivity index (χ4n) is 11.4. The molecule has 2 aliphatic rings. The Morgan fingerprint density at radius 2 is 0.986 bits per heavy atom. The fraction of sp³-hybridized carbons (Fsp3) is 0.0448. The highest BCUT2D eigenvalue weighted by Gasteiger charge is 2.52. The molecule has 2 heteroatoms. The molecule has 1 aliphatic heterocycles. The van der Waals surface area contributed by atoms with Gasteiger partial charge in [-0.1, -0.05) is 200 Å². The van der Waals surface area contributed by atoms with Crippen LogP contribution in [-0.2, 0) is 5.54 Å². The average molecular weight is 881 g/mol. The normalized spacial score (nSPS) is 15.7. The predicted molar refractivity (Wildman–Crippen MR) is 292 cm³/mol. The van der Waals surface area contributed by atoms with E-state index >= 15 is 0 Å². The van der Waals surface area contributed by atoms with Crippen molar-refractivity contribution in [2.75, 3.05) is 9.80 Å². The van der Waals surface area contributed by atoms with Gasteiger partial charge in [-0.3, -0.25) is 0 Å². The van der Waals surface area contributed by atoms with Gasteiger partial charge in [0.05, 0.1) is 5.54 Å². The van der Waals surface area contributed by atoms with Gasteiger partial charge < -0.3 is 9.80 Å². The summed E-state index contributed by atoms with van der Waals surface area (Å²) in [4.78, 5) is 5.04. The molecule has 0 aromatic heterocycles. The second-order valence-corrected chi connectivity index (χ2v) is 18.6. The van der Waals surface area contributed by atoms with Crippen molar-refractivity contribution in [1.82, 2.24) is 0 Å². The van der Waals surface area contributed by atoms with Gasteiger partial charge >= 0.3 is 0 Å². The first-order chi connectivity index (χ1) is 34.1. The molecule has 0 bridgehead atoms. The Morgan fingerprint density at radius 1 is 0.391 bits per heavy atom. The van der Waals surface area contributed by atoms with Crippen LogP contribution in [0.5, 0.6) is 0 Å². The van der Waals surface area contributed by atoms with Crippen LogP contribution in [0.2, 0.25) is 0 Å². The lowest BCUT2D eigenvalue weighted by Gasteiger charge is -2.43. The summed E-state index contributed by atoms with van der Waals surface area (Å²) in [7, 11) is 0. The highest BCUT2D eigenvalue weighted by Crippen LogP contribution is 2.61. The van der Waals surface area contributed by atoms with Gasteiger partial charge in [-0.25, -0.2) is 0 Å². The molecule has 1 aliphatic carbocycles. The highest BCUT2D eigenvalue weighted by atomic mass is 15.2. The Hall–Kier alpha value is -8.72. The third-order valence-electron chi connectivity index (χ3n) is 14.7. The summed E-state index contributed by atoms with van der Waals surface area (Å²) in [6, 6.07) is 93.6. The summed E-state index contributed by atoms with van der Waals surface area (Å²) in [5.41, 5.74) is 18.8. The van der Waals surface area contributed by atoms with Gasteiger partial charge in [-0.05, 0) is 156 Å². The maximum Gasteiger partial charge on any atom is 0.0784 e. The van der Waals surface area contributed by atoms with Crippen LogP contribution < -0.4 is 9.80 Å². The lowest BCUT2D eigenvalue weighted by molar-refractivity contribution is 0.459. The molecule has 0 saturated carbocycles. The SMILES string of the molecule is CC12c3ccccc3C=CC1c1c(-c3cccc(N(c4ccc(-c5ccc6c(ccc7ccccc76)c5)cc4)c4cc(-c5ccccc5)cc(-c5ccccc5)c4)c3)cccc1N2c1ccccc1. The second kappa shape index (κ2) is 16.6. The highest BCUT2D eigenvalue weighted by molar-refractivity contribution is 6.08. The van der Waals surface area contributed by atoms with Gasteiger partial charge in [-0.2, -0.15) is 0 Å². The summed E-state index contributed by atoms with van der Waals surface area (Å²) in [6.07, 6.45) is 4.78. The zero-order valence-corrected chi connectivity index (χ0v) is 38.4. The molecule has 326 valence electrons. The predicted octanol–water partition coefficient (Wildman–Crippen LogP) is 18.3. The monoisotopic (exact) mass is 880 g/mol. The largest absolute Gasteiger partial charge is 0.330 e. The van der Waals surface area contributed by atoms with Crippen LogP contribution in [0.4, 0.5) is 28.4 Å². The van der Waals surface area contributed by atoms with E-state index in [1.807, 2.05) is 0 Å². The van der Waals surface area contributed by atoms with Gasteiger partial charge in [0.15, 0.2) is 0 Å². The zero-order chi connectivity index (χ0) is 45.9. The van der Waals surface area contributed by atoms with E-state index in [4.69, 9.17) is 0 Å². The van der Waals surface area contributed by atoms with Crippen LogP contribution >= 0.6 is 0 Å². The molecule has 69 heavy (non-hydrogen) atoms. The number of hydrogen-bond acceptors (Lipinski definition) is 2. The summed E-state index contributed by atoms with van der Waals surface area (Å²) in [5.74, 6) is 0.121. The van der Waals surface area contributed by atoms with Crippen LogP contribution in [-0.4, -0.2) is 0 Å². The molecule has 1 heterocycles. The van der Waals surface area contributed by atoms with E-state index in [9.17, 15) is 0 Å². The lowest BCUT2D eigenvalue weighted by atomic mass is 9.71. The van der Waals surface area contributed by atoms with Crippen molar-refractivity contribution in [2.45, 2.75) is 18.4 Å². The average Bonchev–Trinajstić information content (AvgIpc) is 3.70. The van der Waals surface area contributed by atoms with Crippen molar-refractivity contribution in [3.63, 3.8) is 0 Å². The molecule has 0 spiro atoms. The number of nitrogens with zero attached hydrogens (tertiary/aromatic N) is 2. The summed E-state index contributed by atoms with van der Waals surface area (Å²) in [6.45, 7) is 2.43. The minimum atomic E-state index is -0.332. The molecule has 0 amide bonds. The summed E-state index contributed by atoms with van der Waals surface area (Å²) in [5, 5.41) is 5.06. The molecule has 0 fully saturated rings. The molecule has 11 aromatic carbocycles. The Labute approximate surface area is 404 Å². The molecular formula is C67H48N2. The molecule has 0 saturated heterocycles. The van der Waals surface area contributed by atoms with E-state index in [-0.39, 0.29) is 11.5 Å². The first-order valence-corrected chi connectivity index (χ1v) is 24.0. The molecule has 2 unspecified atom stereocenters. The topological polar surface area (TPSA) is 6.48 Å². The van der Waals surface area contributed by atoms with Crippen molar-refractivity contribution in [1.29, 1.82) is 0 Å². The maximum absolute atomic E-state index is 2.59. The molecule has 2 nitrogen and oxygen atoms in total. The van der Waals surface area contributed by atoms with Gasteiger partial charge in [0.25, 0.3) is 0 Å². The molecular weight excluding hydrogens is 833 g/mol.